The maximum Gasteiger partial charge on any atom is 0.179 e. The number of benzene rings is 2. The van der Waals surface area contributed by atoms with Crippen LogP contribution < -0.4 is 20.1 Å². The largest absolute Gasteiger partial charge is 0.489 e. The molecule has 1 heterocycles. The Bertz CT molecular complexity index is 778. The Hall–Kier alpha value is -1.98. The lowest BCUT2D eigenvalue weighted by molar-refractivity contribution is 0.297. The van der Waals surface area contributed by atoms with E-state index in [-0.39, 0.29) is 0 Å². The van der Waals surface area contributed by atoms with Gasteiger partial charge in [-0.15, -0.1) is 0 Å². The molecule has 4 nitrogen and oxygen atoms in total. The van der Waals surface area contributed by atoms with Crippen LogP contribution in [0.2, 0.25) is 5.02 Å². The summed E-state index contributed by atoms with van der Waals surface area (Å²) in [7, 11) is 0. The van der Waals surface area contributed by atoms with E-state index < -0.39 is 0 Å². The lowest BCUT2D eigenvalue weighted by atomic mass is 10.0. The summed E-state index contributed by atoms with van der Waals surface area (Å²) in [5.41, 5.74) is 3.25. The van der Waals surface area contributed by atoms with Gasteiger partial charge in [0.05, 0.1) is 18.2 Å². The minimum atomic E-state index is 0.512. The highest BCUT2D eigenvalue weighted by atomic mass is 35.5. The van der Waals surface area contributed by atoms with Crippen LogP contribution in [-0.2, 0) is 6.54 Å². The molecule has 0 amide bonds. The number of ether oxygens (including phenoxy) is 2. The second-order valence-corrected chi connectivity index (χ2v) is 7.36. The molecule has 0 fully saturated rings. The van der Waals surface area contributed by atoms with Crippen LogP contribution in [0.5, 0.6) is 11.5 Å². The Morgan fingerprint density at radius 3 is 2.62 bits per heavy atom. The van der Waals surface area contributed by atoms with Crippen molar-refractivity contribution < 1.29 is 9.47 Å². The molecule has 2 aromatic rings. The molecule has 0 spiro atoms. The molecule has 26 heavy (non-hydrogen) atoms. The summed E-state index contributed by atoms with van der Waals surface area (Å²) in [6.45, 7) is 6.15. The second kappa shape index (κ2) is 8.60. The van der Waals surface area contributed by atoms with Crippen molar-refractivity contribution in [1.29, 1.82) is 0 Å². The van der Waals surface area contributed by atoms with E-state index in [1.807, 2.05) is 24.3 Å². The second-order valence-electron chi connectivity index (χ2n) is 6.54. The summed E-state index contributed by atoms with van der Waals surface area (Å²) in [6, 6.07) is 12.1. The van der Waals surface area contributed by atoms with E-state index in [0.717, 1.165) is 17.7 Å². The lowest BCUT2D eigenvalue weighted by Gasteiger charge is -2.14. The number of anilines is 1. The zero-order valence-electron chi connectivity index (χ0n) is 15.0. The number of hydrogen-bond donors (Lipinski definition) is 2. The maximum atomic E-state index is 6.32. The molecule has 0 radical (unpaired) electrons. The third kappa shape index (κ3) is 4.80. The van der Waals surface area contributed by atoms with Gasteiger partial charge in [-0.3, -0.25) is 0 Å². The summed E-state index contributed by atoms with van der Waals surface area (Å²) in [5.74, 6) is 1.83. The monoisotopic (exact) mass is 390 g/mol. The highest BCUT2D eigenvalue weighted by Crippen LogP contribution is 2.37. The minimum absolute atomic E-state index is 0.512. The van der Waals surface area contributed by atoms with Crippen LogP contribution in [0.4, 0.5) is 5.69 Å². The summed E-state index contributed by atoms with van der Waals surface area (Å²) in [6.07, 6.45) is 0.849. The van der Waals surface area contributed by atoms with Gasteiger partial charge in [-0.2, -0.15) is 0 Å². The average Bonchev–Trinajstić information content (AvgIpc) is 2.86. The Labute approximate surface area is 164 Å². The third-order valence-corrected chi connectivity index (χ3v) is 4.68. The van der Waals surface area contributed by atoms with E-state index in [2.05, 4.69) is 36.6 Å². The average molecular weight is 391 g/mol. The molecule has 1 aliphatic heterocycles. The quantitative estimate of drug-likeness (QED) is 0.710. The van der Waals surface area contributed by atoms with Crippen LogP contribution in [0.3, 0.4) is 0 Å². The zero-order chi connectivity index (χ0) is 18.5. The van der Waals surface area contributed by atoms with Gasteiger partial charge in [0, 0.05) is 18.7 Å². The van der Waals surface area contributed by atoms with Crippen molar-refractivity contribution in [3.8, 4) is 11.5 Å². The lowest BCUT2D eigenvalue weighted by Crippen LogP contribution is -2.27. The number of fused-ring (bicyclic) bond motifs is 1. The topological polar surface area (TPSA) is 42.5 Å². The van der Waals surface area contributed by atoms with E-state index in [4.69, 9.17) is 33.3 Å². The van der Waals surface area contributed by atoms with Gasteiger partial charge in [0.25, 0.3) is 0 Å². The summed E-state index contributed by atoms with van der Waals surface area (Å²) in [5, 5.41) is 7.52. The molecule has 0 aliphatic carbocycles. The van der Waals surface area contributed by atoms with Gasteiger partial charge in [-0.25, -0.2) is 0 Å². The summed E-state index contributed by atoms with van der Waals surface area (Å²) >= 11 is 11.7. The highest BCUT2D eigenvalue weighted by molar-refractivity contribution is 7.80. The number of halogens is 1. The van der Waals surface area contributed by atoms with Crippen LogP contribution in [-0.4, -0.2) is 18.3 Å². The van der Waals surface area contributed by atoms with E-state index >= 15 is 0 Å². The van der Waals surface area contributed by atoms with Crippen molar-refractivity contribution >= 4 is 34.6 Å². The van der Waals surface area contributed by atoms with Crippen LogP contribution >= 0.6 is 23.8 Å². The van der Waals surface area contributed by atoms with Gasteiger partial charge in [0.15, 0.2) is 16.6 Å². The maximum absolute atomic E-state index is 6.32. The number of hydrogen-bond acceptors (Lipinski definition) is 3. The molecule has 2 N–H and O–H groups in total. The molecule has 6 heteroatoms. The van der Waals surface area contributed by atoms with Crippen LogP contribution in [0, 0.1) is 0 Å². The van der Waals surface area contributed by atoms with Gasteiger partial charge in [0.2, 0.25) is 0 Å². The van der Waals surface area contributed by atoms with Gasteiger partial charge >= 0.3 is 0 Å². The molecule has 0 unspecified atom stereocenters. The summed E-state index contributed by atoms with van der Waals surface area (Å²) < 4.78 is 11.4. The van der Waals surface area contributed by atoms with Crippen molar-refractivity contribution in [2.24, 2.45) is 0 Å². The molecule has 0 saturated heterocycles. The fraction of sp³-hybridized carbons (Fsp3) is 0.350. The summed E-state index contributed by atoms with van der Waals surface area (Å²) in [4.78, 5) is 0. The van der Waals surface area contributed by atoms with Gasteiger partial charge in [-0.05, 0) is 53.5 Å². The van der Waals surface area contributed by atoms with Crippen molar-refractivity contribution in [2.45, 2.75) is 32.7 Å². The van der Waals surface area contributed by atoms with Gasteiger partial charge < -0.3 is 20.1 Å². The Morgan fingerprint density at radius 2 is 1.88 bits per heavy atom. The minimum Gasteiger partial charge on any atom is -0.489 e. The fourth-order valence-electron chi connectivity index (χ4n) is 2.70. The van der Waals surface area contributed by atoms with E-state index in [1.165, 1.54) is 5.56 Å². The number of rotatable bonds is 4. The first kappa shape index (κ1) is 18.8. The van der Waals surface area contributed by atoms with Gasteiger partial charge in [-0.1, -0.05) is 37.6 Å². The van der Waals surface area contributed by atoms with Crippen molar-refractivity contribution in [3.63, 3.8) is 0 Å². The standard InChI is InChI=1S/C20H23ClN2O2S/c1-13(2)15-4-6-16(7-5-15)23-20(26)22-12-14-10-17(21)19-18(11-14)24-8-3-9-25-19/h4-7,10-11,13H,3,8-9,12H2,1-2H3,(H2,22,23,26). The number of thiocarbonyl (C=S) groups is 1. The molecule has 138 valence electrons. The molecule has 3 rings (SSSR count). The number of nitrogens with one attached hydrogen (secondary N) is 2. The van der Waals surface area contributed by atoms with Crippen LogP contribution in [0.25, 0.3) is 0 Å². The van der Waals surface area contributed by atoms with Crippen LogP contribution in [0.15, 0.2) is 36.4 Å². The van der Waals surface area contributed by atoms with Crippen molar-refractivity contribution in [3.05, 3.63) is 52.5 Å². The third-order valence-electron chi connectivity index (χ3n) is 4.15. The Morgan fingerprint density at radius 1 is 1.15 bits per heavy atom. The van der Waals surface area contributed by atoms with E-state index in [9.17, 15) is 0 Å². The van der Waals surface area contributed by atoms with Crippen LogP contribution in [0.1, 0.15) is 37.3 Å². The molecule has 0 saturated carbocycles. The first-order valence-corrected chi connectivity index (χ1v) is 9.54. The SMILES string of the molecule is CC(C)c1ccc(NC(=S)NCc2cc(Cl)c3c(c2)OCCCO3)cc1. The predicted molar refractivity (Wildman–Crippen MR) is 111 cm³/mol. The normalized spacial score (nSPS) is 13.2. The molecular weight excluding hydrogens is 368 g/mol. The van der Waals surface area contributed by atoms with E-state index in [1.54, 1.807) is 0 Å². The van der Waals surface area contributed by atoms with Crippen molar-refractivity contribution in [2.75, 3.05) is 18.5 Å². The Kier molecular flexibility index (Phi) is 6.22. The smallest absolute Gasteiger partial charge is 0.179 e. The fourth-order valence-corrected chi connectivity index (χ4v) is 3.17. The zero-order valence-corrected chi connectivity index (χ0v) is 16.5. The molecule has 1 aliphatic rings. The first-order chi connectivity index (χ1) is 12.5. The molecule has 2 aromatic carbocycles. The van der Waals surface area contributed by atoms with E-state index in [0.29, 0.717) is 47.3 Å². The molecular formula is C20H23ClN2O2S. The molecule has 0 bridgehead atoms. The molecule has 0 aromatic heterocycles. The van der Waals surface area contributed by atoms with Gasteiger partial charge in [0.1, 0.15) is 0 Å². The van der Waals surface area contributed by atoms with Crippen molar-refractivity contribution in [1.82, 2.24) is 5.32 Å². The molecule has 0 atom stereocenters. The Balaban J connectivity index is 1.59. The highest BCUT2D eigenvalue weighted by Gasteiger charge is 2.15. The first-order valence-electron chi connectivity index (χ1n) is 8.76. The predicted octanol–water partition coefficient (Wildman–Crippen LogP) is 5.11.